The van der Waals surface area contributed by atoms with Gasteiger partial charge in [-0.15, -0.1) is 0 Å². The Kier molecular flexibility index (Phi) is 5.31. The molecule has 0 bridgehead atoms. The van der Waals surface area contributed by atoms with Gasteiger partial charge >= 0.3 is 0 Å². The van der Waals surface area contributed by atoms with Crippen molar-refractivity contribution in [1.29, 1.82) is 0 Å². The zero-order chi connectivity index (χ0) is 11.1. The van der Waals surface area contributed by atoms with Gasteiger partial charge in [0.05, 0.1) is 11.7 Å². The second-order valence-electron chi connectivity index (χ2n) is 3.43. The van der Waals surface area contributed by atoms with Gasteiger partial charge in [0.1, 0.15) is 0 Å². The van der Waals surface area contributed by atoms with Crippen LogP contribution in [0.4, 0.5) is 0 Å². The first-order valence-electron chi connectivity index (χ1n) is 5.30. The van der Waals surface area contributed by atoms with Gasteiger partial charge in [-0.25, -0.2) is 0 Å². The molecule has 0 spiro atoms. The lowest BCUT2D eigenvalue weighted by molar-refractivity contribution is 0.188. The minimum atomic E-state index is 0.155. The highest BCUT2D eigenvalue weighted by atomic mass is 16.5. The molecule has 0 amide bonds. The molecule has 1 atom stereocenters. The lowest BCUT2D eigenvalue weighted by Crippen LogP contribution is -2.30. The summed E-state index contributed by atoms with van der Waals surface area (Å²) < 4.78 is 6.98. The molecule has 0 aromatic carbocycles. The number of hydrogen-bond acceptors (Lipinski definition) is 4. The van der Waals surface area contributed by atoms with Gasteiger partial charge in [-0.3, -0.25) is 16.0 Å². The van der Waals surface area contributed by atoms with Crippen molar-refractivity contribution in [3.05, 3.63) is 18.0 Å². The molecule has 0 aliphatic rings. The summed E-state index contributed by atoms with van der Waals surface area (Å²) in [6, 6.07) is 2.16. The molecular weight excluding hydrogens is 192 g/mol. The summed E-state index contributed by atoms with van der Waals surface area (Å²) in [5, 5.41) is 4.22. The first kappa shape index (κ1) is 12.2. The number of ether oxygens (including phenoxy) is 1. The zero-order valence-electron chi connectivity index (χ0n) is 9.44. The average Bonchev–Trinajstić information content (AvgIpc) is 2.72. The maximum Gasteiger partial charge on any atom is 0.0629 e. The van der Waals surface area contributed by atoms with E-state index in [1.807, 2.05) is 10.7 Å². The number of aromatic nitrogens is 2. The molecule has 5 nitrogen and oxygen atoms in total. The topological polar surface area (TPSA) is 65.1 Å². The van der Waals surface area contributed by atoms with Crippen molar-refractivity contribution in [2.24, 2.45) is 5.84 Å². The molecule has 0 radical (unpaired) electrons. The predicted molar refractivity (Wildman–Crippen MR) is 59.1 cm³/mol. The summed E-state index contributed by atoms with van der Waals surface area (Å²) in [6.07, 6.45) is 3.75. The van der Waals surface area contributed by atoms with Crippen LogP contribution in [0.5, 0.6) is 0 Å². The lowest BCUT2D eigenvalue weighted by atomic mass is 10.1. The Bertz CT molecular complexity index is 274. The van der Waals surface area contributed by atoms with E-state index in [2.05, 4.69) is 17.4 Å². The number of hydrogen-bond donors (Lipinski definition) is 2. The smallest absolute Gasteiger partial charge is 0.0629 e. The van der Waals surface area contributed by atoms with E-state index in [1.54, 1.807) is 13.3 Å². The van der Waals surface area contributed by atoms with E-state index in [-0.39, 0.29) is 6.04 Å². The highest BCUT2D eigenvalue weighted by Gasteiger charge is 2.13. The minimum absolute atomic E-state index is 0.155. The molecule has 15 heavy (non-hydrogen) atoms. The molecule has 3 N–H and O–H groups in total. The number of aryl methyl sites for hydroxylation is 1. The Labute approximate surface area is 90.6 Å². The van der Waals surface area contributed by atoms with Gasteiger partial charge in [-0.1, -0.05) is 0 Å². The Hall–Kier alpha value is -0.910. The molecule has 5 heteroatoms. The summed E-state index contributed by atoms with van der Waals surface area (Å²) >= 11 is 0. The van der Waals surface area contributed by atoms with Crippen molar-refractivity contribution in [3.8, 4) is 0 Å². The van der Waals surface area contributed by atoms with Crippen molar-refractivity contribution in [1.82, 2.24) is 15.2 Å². The van der Waals surface area contributed by atoms with Crippen molar-refractivity contribution in [2.75, 3.05) is 13.7 Å². The van der Waals surface area contributed by atoms with Gasteiger partial charge in [0.2, 0.25) is 0 Å². The quantitative estimate of drug-likeness (QED) is 0.399. The van der Waals surface area contributed by atoms with E-state index in [0.717, 1.165) is 31.7 Å². The first-order valence-corrected chi connectivity index (χ1v) is 5.30. The van der Waals surface area contributed by atoms with Crippen LogP contribution in [-0.2, 0) is 11.3 Å². The number of nitrogens with one attached hydrogen (secondary N) is 1. The van der Waals surface area contributed by atoms with Gasteiger partial charge < -0.3 is 4.74 Å². The monoisotopic (exact) mass is 212 g/mol. The minimum Gasteiger partial charge on any atom is -0.385 e. The van der Waals surface area contributed by atoms with Gasteiger partial charge in [-0.05, 0) is 25.8 Å². The number of nitrogens with zero attached hydrogens (tertiary/aromatic N) is 2. The molecule has 0 aliphatic heterocycles. The third-order valence-electron chi connectivity index (χ3n) is 2.45. The highest BCUT2D eigenvalue weighted by Crippen LogP contribution is 2.17. The fraction of sp³-hybridized carbons (Fsp3) is 0.700. The number of rotatable bonds is 7. The summed E-state index contributed by atoms with van der Waals surface area (Å²) in [7, 11) is 1.71. The normalized spacial score (nSPS) is 13.0. The largest absolute Gasteiger partial charge is 0.385 e. The maximum absolute atomic E-state index is 5.54. The second kappa shape index (κ2) is 6.55. The van der Waals surface area contributed by atoms with Crippen LogP contribution in [0.3, 0.4) is 0 Å². The second-order valence-corrected chi connectivity index (χ2v) is 3.43. The van der Waals surface area contributed by atoms with E-state index in [4.69, 9.17) is 10.6 Å². The van der Waals surface area contributed by atoms with Crippen molar-refractivity contribution >= 4 is 0 Å². The van der Waals surface area contributed by atoms with Crippen molar-refractivity contribution in [2.45, 2.75) is 32.4 Å². The highest BCUT2D eigenvalue weighted by molar-refractivity contribution is 5.06. The van der Waals surface area contributed by atoms with Crippen LogP contribution in [0.25, 0.3) is 0 Å². The van der Waals surface area contributed by atoms with Crippen molar-refractivity contribution < 1.29 is 4.74 Å². The van der Waals surface area contributed by atoms with Gasteiger partial charge in [-0.2, -0.15) is 5.10 Å². The number of nitrogens with two attached hydrogens (primary N) is 1. The maximum atomic E-state index is 5.54. The molecule has 0 saturated carbocycles. The molecule has 1 heterocycles. The van der Waals surface area contributed by atoms with Crippen LogP contribution in [0.1, 0.15) is 31.5 Å². The van der Waals surface area contributed by atoms with E-state index >= 15 is 0 Å². The molecule has 0 aliphatic carbocycles. The SMILES string of the molecule is CCn1nccc1C(CCCOC)NN. The van der Waals surface area contributed by atoms with Gasteiger partial charge in [0.25, 0.3) is 0 Å². The van der Waals surface area contributed by atoms with Crippen LogP contribution in [0.15, 0.2) is 12.3 Å². The van der Waals surface area contributed by atoms with Crippen LogP contribution in [-0.4, -0.2) is 23.5 Å². The fourth-order valence-electron chi connectivity index (χ4n) is 1.65. The molecule has 0 saturated heterocycles. The summed E-state index contributed by atoms with van der Waals surface area (Å²) in [6.45, 7) is 3.70. The van der Waals surface area contributed by atoms with E-state index in [9.17, 15) is 0 Å². The molecule has 1 aromatic rings. The first-order chi connectivity index (χ1) is 7.33. The Morgan fingerprint density at radius 2 is 2.47 bits per heavy atom. The standard InChI is InChI=1S/C10H20N4O/c1-3-14-10(6-7-12-14)9(13-11)5-4-8-15-2/h6-7,9,13H,3-5,8,11H2,1-2H3. The summed E-state index contributed by atoms with van der Waals surface area (Å²) in [5.74, 6) is 5.54. The Balaban J connectivity index is 2.57. The molecule has 86 valence electrons. The van der Waals surface area contributed by atoms with Crippen LogP contribution >= 0.6 is 0 Å². The van der Waals surface area contributed by atoms with E-state index in [0.29, 0.717) is 0 Å². The summed E-state index contributed by atoms with van der Waals surface area (Å²) in [4.78, 5) is 0. The molecule has 0 fully saturated rings. The van der Waals surface area contributed by atoms with E-state index < -0.39 is 0 Å². The molecule has 1 rings (SSSR count). The van der Waals surface area contributed by atoms with Gasteiger partial charge in [0, 0.05) is 26.5 Å². The zero-order valence-corrected chi connectivity index (χ0v) is 9.44. The van der Waals surface area contributed by atoms with Crippen LogP contribution in [0, 0.1) is 0 Å². The summed E-state index contributed by atoms with van der Waals surface area (Å²) in [5.41, 5.74) is 3.96. The number of hydrazine groups is 1. The third kappa shape index (κ3) is 3.30. The molecule has 1 aromatic heterocycles. The van der Waals surface area contributed by atoms with Crippen LogP contribution < -0.4 is 11.3 Å². The van der Waals surface area contributed by atoms with Gasteiger partial charge in [0.15, 0.2) is 0 Å². The number of methoxy groups -OCH3 is 1. The third-order valence-corrected chi connectivity index (χ3v) is 2.45. The Morgan fingerprint density at radius 3 is 3.07 bits per heavy atom. The average molecular weight is 212 g/mol. The lowest BCUT2D eigenvalue weighted by Gasteiger charge is -2.16. The predicted octanol–water partition coefficient (Wildman–Crippen LogP) is 0.834. The van der Waals surface area contributed by atoms with E-state index in [1.165, 1.54) is 0 Å². The molecule has 1 unspecified atom stereocenters. The van der Waals surface area contributed by atoms with Crippen molar-refractivity contribution in [3.63, 3.8) is 0 Å². The van der Waals surface area contributed by atoms with Crippen LogP contribution in [0.2, 0.25) is 0 Å². The molecular formula is C10H20N4O. The Morgan fingerprint density at radius 1 is 1.67 bits per heavy atom. The fourth-order valence-corrected chi connectivity index (χ4v) is 1.65.